The number of rotatable bonds is 4. The first-order chi connectivity index (χ1) is 8.20. The largest absolute Gasteiger partial charge is 0.398 e. The summed E-state index contributed by atoms with van der Waals surface area (Å²) < 4.78 is 13.2. The highest BCUT2D eigenvalue weighted by atomic mass is 32.1. The Morgan fingerprint density at radius 3 is 2.94 bits per heavy atom. The van der Waals surface area contributed by atoms with Gasteiger partial charge in [0.25, 0.3) is 0 Å². The monoisotopic (exact) mass is 252 g/mol. The van der Waals surface area contributed by atoms with Gasteiger partial charge in [0.1, 0.15) is 5.82 Å². The third-order valence-electron chi connectivity index (χ3n) is 2.51. The number of halogens is 1. The summed E-state index contributed by atoms with van der Waals surface area (Å²) in [6.45, 7) is 0. The number of nitrogens with two attached hydrogens (primary N) is 2. The van der Waals surface area contributed by atoms with Crippen LogP contribution >= 0.6 is 11.3 Å². The number of hydrogen-bond donors (Lipinski definition) is 3. The lowest BCUT2D eigenvalue weighted by molar-refractivity contribution is 0.549. The van der Waals surface area contributed by atoms with Crippen LogP contribution in [0.1, 0.15) is 16.5 Å². The van der Waals surface area contributed by atoms with Gasteiger partial charge in [0.05, 0.1) is 11.6 Å². The first-order valence-electron chi connectivity index (χ1n) is 5.09. The molecule has 0 saturated heterocycles. The Hall–Kier alpha value is -1.50. The molecule has 0 aliphatic carbocycles. The molecule has 0 fully saturated rings. The fourth-order valence-corrected chi connectivity index (χ4v) is 2.29. The van der Waals surface area contributed by atoms with Crippen molar-refractivity contribution >= 4 is 17.0 Å². The minimum atomic E-state index is -0.321. The van der Waals surface area contributed by atoms with Crippen LogP contribution < -0.4 is 17.0 Å². The number of aromatic nitrogens is 1. The summed E-state index contributed by atoms with van der Waals surface area (Å²) in [4.78, 5) is 5.05. The third-order valence-corrected chi connectivity index (χ3v) is 3.32. The van der Waals surface area contributed by atoms with Crippen LogP contribution in [0.25, 0.3) is 0 Å². The Labute approximate surface area is 102 Å². The Balaban J connectivity index is 2.25. The van der Waals surface area contributed by atoms with Crippen molar-refractivity contribution in [2.24, 2.45) is 5.84 Å². The highest BCUT2D eigenvalue weighted by Crippen LogP contribution is 2.25. The lowest BCUT2D eigenvalue weighted by atomic mass is 10.0. The first kappa shape index (κ1) is 12.0. The van der Waals surface area contributed by atoms with Crippen LogP contribution in [0.4, 0.5) is 10.1 Å². The lowest BCUT2D eigenvalue weighted by Gasteiger charge is -2.17. The molecule has 1 unspecified atom stereocenters. The van der Waals surface area contributed by atoms with Gasteiger partial charge >= 0.3 is 0 Å². The van der Waals surface area contributed by atoms with Gasteiger partial charge in [-0.05, 0) is 23.8 Å². The summed E-state index contributed by atoms with van der Waals surface area (Å²) in [5, 5.41) is 0. The number of nitrogen functional groups attached to an aromatic ring is 1. The molecule has 5 N–H and O–H groups in total. The number of benzene rings is 1. The Bertz CT molecular complexity index is 486. The SMILES string of the molecule is NNC(Cc1cncs1)c1cc(F)ccc1N. The molecule has 0 aliphatic rings. The zero-order chi connectivity index (χ0) is 12.3. The van der Waals surface area contributed by atoms with Crippen LogP contribution in [0.15, 0.2) is 29.9 Å². The number of nitrogens with zero attached hydrogens (tertiary/aromatic N) is 1. The molecule has 90 valence electrons. The molecular formula is C11H13FN4S. The Morgan fingerprint density at radius 1 is 1.47 bits per heavy atom. The molecule has 0 spiro atoms. The Morgan fingerprint density at radius 2 is 2.29 bits per heavy atom. The topological polar surface area (TPSA) is 77.0 Å². The number of hydrogen-bond acceptors (Lipinski definition) is 5. The predicted molar refractivity (Wildman–Crippen MR) is 66.7 cm³/mol. The maximum absolute atomic E-state index is 13.2. The highest BCUT2D eigenvalue weighted by molar-refractivity contribution is 7.09. The van der Waals surface area contributed by atoms with Crippen LogP contribution in [0, 0.1) is 5.82 Å². The van der Waals surface area contributed by atoms with Gasteiger partial charge in [0.2, 0.25) is 0 Å². The van der Waals surface area contributed by atoms with E-state index in [2.05, 4.69) is 10.4 Å². The first-order valence-corrected chi connectivity index (χ1v) is 5.97. The molecule has 2 aromatic rings. The average molecular weight is 252 g/mol. The van der Waals surface area contributed by atoms with Crippen LogP contribution in [0.3, 0.4) is 0 Å². The maximum atomic E-state index is 13.2. The van der Waals surface area contributed by atoms with E-state index in [9.17, 15) is 4.39 Å². The van der Waals surface area contributed by atoms with Crippen molar-refractivity contribution in [1.82, 2.24) is 10.4 Å². The molecule has 1 atom stereocenters. The maximum Gasteiger partial charge on any atom is 0.123 e. The molecule has 6 heteroatoms. The fraction of sp³-hybridized carbons (Fsp3) is 0.182. The van der Waals surface area contributed by atoms with Crippen molar-refractivity contribution in [3.63, 3.8) is 0 Å². The molecule has 17 heavy (non-hydrogen) atoms. The molecule has 2 rings (SSSR count). The van der Waals surface area contributed by atoms with E-state index in [4.69, 9.17) is 11.6 Å². The van der Waals surface area contributed by atoms with Gasteiger partial charge in [0, 0.05) is 23.2 Å². The van der Waals surface area contributed by atoms with Crippen LogP contribution in [-0.2, 0) is 6.42 Å². The normalized spacial score (nSPS) is 12.6. The van der Waals surface area contributed by atoms with E-state index in [0.717, 1.165) is 4.88 Å². The van der Waals surface area contributed by atoms with Gasteiger partial charge in [0.15, 0.2) is 0 Å². The summed E-state index contributed by atoms with van der Waals surface area (Å²) in [5.41, 5.74) is 11.4. The molecule has 0 saturated carbocycles. The number of hydrazine groups is 1. The van der Waals surface area contributed by atoms with Crippen LogP contribution in [0.5, 0.6) is 0 Å². The van der Waals surface area contributed by atoms with Gasteiger partial charge in [-0.2, -0.15) is 0 Å². The summed E-state index contributed by atoms with van der Waals surface area (Å²) in [5.74, 6) is 5.18. The molecular weight excluding hydrogens is 239 g/mol. The van der Waals surface area contributed by atoms with Crippen molar-refractivity contribution in [2.45, 2.75) is 12.5 Å². The van der Waals surface area contributed by atoms with E-state index in [1.54, 1.807) is 17.8 Å². The lowest BCUT2D eigenvalue weighted by Crippen LogP contribution is -2.30. The quantitative estimate of drug-likeness (QED) is 0.439. The molecule has 0 radical (unpaired) electrons. The predicted octanol–water partition coefficient (Wildman–Crippen LogP) is 1.61. The number of anilines is 1. The second-order valence-electron chi connectivity index (χ2n) is 3.66. The van der Waals surface area contributed by atoms with Crippen molar-refractivity contribution in [2.75, 3.05) is 5.73 Å². The second-order valence-corrected chi connectivity index (χ2v) is 4.64. The van der Waals surface area contributed by atoms with Crippen molar-refractivity contribution < 1.29 is 4.39 Å². The van der Waals surface area contributed by atoms with E-state index in [1.165, 1.54) is 23.5 Å². The van der Waals surface area contributed by atoms with Crippen LogP contribution in [0.2, 0.25) is 0 Å². The number of nitrogens with one attached hydrogen (secondary N) is 1. The smallest absolute Gasteiger partial charge is 0.123 e. The van der Waals surface area contributed by atoms with Gasteiger partial charge in [-0.1, -0.05) is 0 Å². The van der Waals surface area contributed by atoms with E-state index >= 15 is 0 Å². The number of thiazole rings is 1. The third kappa shape index (κ3) is 2.79. The zero-order valence-corrected chi connectivity index (χ0v) is 9.88. The fourth-order valence-electron chi connectivity index (χ4n) is 1.65. The molecule has 0 aliphatic heterocycles. The molecule has 1 aromatic heterocycles. The van der Waals surface area contributed by atoms with Gasteiger partial charge in [-0.15, -0.1) is 11.3 Å². The van der Waals surface area contributed by atoms with Crippen molar-refractivity contribution in [1.29, 1.82) is 0 Å². The summed E-state index contributed by atoms with van der Waals surface area (Å²) in [6, 6.07) is 4.06. The summed E-state index contributed by atoms with van der Waals surface area (Å²) in [6.07, 6.45) is 2.40. The van der Waals surface area contributed by atoms with Crippen molar-refractivity contribution in [3.8, 4) is 0 Å². The van der Waals surface area contributed by atoms with Crippen LogP contribution in [-0.4, -0.2) is 4.98 Å². The molecule has 0 bridgehead atoms. The van der Waals surface area contributed by atoms with Crippen molar-refractivity contribution in [3.05, 3.63) is 46.2 Å². The average Bonchev–Trinajstić information content (AvgIpc) is 2.82. The molecule has 1 heterocycles. The van der Waals surface area contributed by atoms with E-state index in [1.807, 2.05) is 0 Å². The summed E-state index contributed by atoms with van der Waals surface area (Å²) in [7, 11) is 0. The molecule has 0 amide bonds. The minimum absolute atomic E-state index is 0.217. The van der Waals surface area contributed by atoms with E-state index in [-0.39, 0.29) is 11.9 Å². The molecule has 4 nitrogen and oxygen atoms in total. The minimum Gasteiger partial charge on any atom is -0.398 e. The Kier molecular flexibility index (Phi) is 3.68. The molecule has 1 aromatic carbocycles. The van der Waals surface area contributed by atoms with Gasteiger partial charge in [-0.25, -0.2) is 4.39 Å². The van der Waals surface area contributed by atoms with Gasteiger partial charge in [-0.3, -0.25) is 16.3 Å². The second kappa shape index (κ2) is 5.22. The highest BCUT2D eigenvalue weighted by Gasteiger charge is 2.15. The van der Waals surface area contributed by atoms with E-state index in [0.29, 0.717) is 17.7 Å². The van der Waals surface area contributed by atoms with Gasteiger partial charge < -0.3 is 5.73 Å². The summed E-state index contributed by atoms with van der Waals surface area (Å²) >= 11 is 1.53. The zero-order valence-electron chi connectivity index (χ0n) is 9.06. The van der Waals surface area contributed by atoms with E-state index < -0.39 is 0 Å². The standard InChI is InChI=1S/C11H13FN4S/c12-7-1-2-10(13)9(3-7)11(16-14)4-8-5-15-6-17-8/h1-3,5-6,11,16H,4,13-14H2.